The molecule has 4 N–H and O–H groups in total. The molecule has 0 atom stereocenters. The third kappa shape index (κ3) is 3.58. The number of carbonyl (C=O) groups excluding carboxylic acids is 3. The van der Waals surface area contributed by atoms with Crippen LogP contribution in [0.15, 0.2) is 0 Å². The lowest BCUT2D eigenvalue weighted by atomic mass is 9.93. The molecule has 0 bridgehead atoms. The van der Waals surface area contributed by atoms with Gasteiger partial charge in [-0.05, 0) is 25.7 Å². The molecule has 0 aromatic carbocycles. The van der Waals surface area contributed by atoms with Crippen molar-refractivity contribution in [3.8, 4) is 0 Å². The Balaban J connectivity index is 2.65. The molecule has 0 aromatic rings. The predicted octanol–water partition coefficient (Wildman–Crippen LogP) is 0.731. The van der Waals surface area contributed by atoms with Gasteiger partial charge in [0.25, 0.3) is 5.91 Å². The van der Waals surface area contributed by atoms with Crippen molar-refractivity contribution in [1.82, 2.24) is 15.5 Å². The lowest BCUT2D eigenvalue weighted by Gasteiger charge is -2.27. The standard InChI is InChI=1S/C15H28N4O3/c1-5-14(16,6-2)10-17-11(20)9-19-12(21)15(7-3,8-4)18-13(19)22/h5-10,16H2,1-4H3,(H,17,20)(H,18,22). The van der Waals surface area contributed by atoms with Gasteiger partial charge in [-0.3, -0.25) is 14.5 Å². The maximum absolute atomic E-state index is 12.4. The van der Waals surface area contributed by atoms with Gasteiger partial charge in [-0.1, -0.05) is 27.7 Å². The van der Waals surface area contributed by atoms with Gasteiger partial charge in [-0.25, -0.2) is 4.79 Å². The topological polar surface area (TPSA) is 105 Å². The summed E-state index contributed by atoms with van der Waals surface area (Å²) in [5.41, 5.74) is 4.79. The maximum atomic E-state index is 12.4. The number of imide groups is 1. The van der Waals surface area contributed by atoms with E-state index in [-0.39, 0.29) is 18.4 Å². The zero-order chi connectivity index (χ0) is 17.0. The number of carbonyl (C=O) groups is 3. The normalized spacial score (nSPS) is 17.6. The molecule has 0 aliphatic carbocycles. The summed E-state index contributed by atoms with van der Waals surface area (Å²) < 4.78 is 0. The van der Waals surface area contributed by atoms with Crippen molar-refractivity contribution >= 4 is 17.8 Å². The zero-order valence-corrected chi connectivity index (χ0v) is 14.0. The van der Waals surface area contributed by atoms with Crippen LogP contribution in [-0.2, 0) is 9.59 Å². The molecule has 7 heteroatoms. The van der Waals surface area contributed by atoms with Gasteiger partial charge in [0, 0.05) is 12.1 Å². The van der Waals surface area contributed by atoms with E-state index in [9.17, 15) is 14.4 Å². The Morgan fingerprint density at radius 3 is 2.18 bits per heavy atom. The number of hydrogen-bond acceptors (Lipinski definition) is 4. The van der Waals surface area contributed by atoms with Crippen LogP contribution in [0.1, 0.15) is 53.4 Å². The van der Waals surface area contributed by atoms with Crippen molar-refractivity contribution in [3.05, 3.63) is 0 Å². The Labute approximate surface area is 132 Å². The molecule has 22 heavy (non-hydrogen) atoms. The van der Waals surface area contributed by atoms with Gasteiger partial charge >= 0.3 is 6.03 Å². The minimum absolute atomic E-state index is 0.268. The average Bonchev–Trinajstić information content (AvgIpc) is 2.77. The lowest BCUT2D eigenvalue weighted by Crippen LogP contribution is -2.51. The quantitative estimate of drug-likeness (QED) is 0.575. The molecular formula is C15H28N4O3. The van der Waals surface area contributed by atoms with Crippen LogP contribution >= 0.6 is 0 Å². The van der Waals surface area contributed by atoms with Crippen molar-refractivity contribution in [2.75, 3.05) is 13.1 Å². The molecular weight excluding hydrogens is 284 g/mol. The maximum Gasteiger partial charge on any atom is 0.325 e. The Kier molecular flexibility index (Phi) is 5.93. The van der Waals surface area contributed by atoms with E-state index >= 15 is 0 Å². The molecule has 0 unspecified atom stereocenters. The first-order chi connectivity index (χ1) is 10.3. The van der Waals surface area contributed by atoms with Gasteiger partial charge in [0.1, 0.15) is 12.1 Å². The fourth-order valence-electron chi connectivity index (χ4n) is 2.52. The number of amides is 4. The molecule has 1 rings (SSSR count). The fourth-order valence-corrected chi connectivity index (χ4v) is 2.52. The van der Waals surface area contributed by atoms with Crippen molar-refractivity contribution in [2.45, 2.75) is 64.5 Å². The van der Waals surface area contributed by atoms with Crippen LogP contribution in [0.25, 0.3) is 0 Å². The van der Waals surface area contributed by atoms with Crippen LogP contribution in [0.2, 0.25) is 0 Å². The Hall–Kier alpha value is -1.63. The predicted molar refractivity (Wildman–Crippen MR) is 84.1 cm³/mol. The molecule has 1 aliphatic heterocycles. The van der Waals surface area contributed by atoms with E-state index in [0.29, 0.717) is 19.4 Å². The lowest BCUT2D eigenvalue weighted by molar-refractivity contribution is -0.135. The molecule has 1 saturated heterocycles. The smallest absolute Gasteiger partial charge is 0.325 e. The molecule has 7 nitrogen and oxygen atoms in total. The molecule has 1 heterocycles. The largest absolute Gasteiger partial charge is 0.353 e. The molecule has 4 amide bonds. The van der Waals surface area contributed by atoms with E-state index in [4.69, 9.17) is 5.73 Å². The SMILES string of the molecule is CCC(N)(CC)CNC(=O)CN1C(=O)NC(CC)(CC)C1=O. The second-order valence-corrected chi connectivity index (χ2v) is 5.96. The monoisotopic (exact) mass is 312 g/mol. The summed E-state index contributed by atoms with van der Waals surface area (Å²) in [6.45, 7) is 7.67. The number of nitrogens with zero attached hydrogens (tertiary/aromatic N) is 1. The summed E-state index contributed by atoms with van der Waals surface area (Å²) in [7, 11) is 0. The Morgan fingerprint density at radius 1 is 1.23 bits per heavy atom. The minimum atomic E-state index is -0.873. The van der Waals surface area contributed by atoms with Gasteiger partial charge in [0.15, 0.2) is 0 Å². The van der Waals surface area contributed by atoms with E-state index in [0.717, 1.165) is 17.7 Å². The number of hydrogen-bond donors (Lipinski definition) is 3. The van der Waals surface area contributed by atoms with E-state index in [1.807, 2.05) is 27.7 Å². The summed E-state index contributed by atoms with van der Waals surface area (Å²) in [5, 5.41) is 5.42. The molecule has 0 saturated carbocycles. The van der Waals surface area contributed by atoms with Gasteiger partial charge in [-0.2, -0.15) is 0 Å². The Bertz CT molecular complexity index is 442. The second kappa shape index (κ2) is 7.09. The van der Waals surface area contributed by atoms with Gasteiger partial charge in [0.2, 0.25) is 5.91 Å². The fraction of sp³-hybridized carbons (Fsp3) is 0.800. The van der Waals surface area contributed by atoms with Crippen LogP contribution in [0, 0.1) is 0 Å². The summed E-state index contributed by atoms with van der Waals surface area (Å²) in [6.07, 6.45) is 2.48. The third-order valence-corrected chi connectivity index (χ3v) is 4.80. The van der Waals surface area contributed by atoms with Crippen LogP contribution in [0.5, 0.6) is 0 Å². The van der Waals surface area contributed by atoms with E-state index in [2.05, 4.69) is 10.6 Å². The highest BCUT2D eigenvalue weighted by atomic mass is 16.2. The molecule has 0 radical (unpaired) electrons. The first-order valence-electron chi connectivity index (χ1n) is 7.97. The molecule has 1 aliphatic rings. The Morgan fingerprint density at radius 2 is 1.77 bits per heavy atom. The van der Waals surface area contributed by atoms with Crippen LogP contribution in [-0.4, -0.2) is 46.9 Å². The highest BCUT2D eigenvalue weighted by Crippen LogP contribution is 2.24. The average molecular weight is 312 g/mol. The van der Waals surface area contributed by atoms with Crippen molar-refractivity contribution in [3.63, 3.8) is 0 Å². The van der Waals surface area contributed by atoms with E-state index < -0.39 is 17.1 Å². The summed E-state index contributed by atoms with van der Waals surface area (Å²) in [6, 6.07) is -0.506. The van der Waals surface area contributed by atoms with Crippen LogP contribution in [0.4, 0.5) is 4.79 Å². The summed E-state index contributed by atoms with van der Waals surface area (Å²) in [5.74, 6) is -0.703. The second-order valence-electron chi connectivity index (χ2n) is 5.96. The minimum Gasteiger partial charge on any atom is -0.353 e. The summed E-state index contributed by atoms with van der Waals surface area (Å²) >= 11 is 0. The van der Waals surface area contributed by atoms with Crippen molar-refractivity contribution < 1.29 is 14.4 Å². The highest BCUT2D eigenvalue weighted by Gasteiger charge is 2.49. The first kappa shape index (κ1) is 18.4. The van der Waals surface area contributed by atoms with Crippen molar-refractivity contribution in [2.24, 2.45) is 5.73 Å². The van der Waals surface area contributed by atoms with Crippen molar-refractivity contribution in [1.29, 1.82) is 0 Å². The number of nitrogens with one attached hydrogen (secondary N) is 2. The molecule has 0 aromatic heterocycles. The van der Waals surface area contributed by atoms with Gasteiger partial charge in [0.05, 0.1) is 0 Å². The zero-order valence-electron chi connectivity index (χ0n) is 14.0. The number of rotatable bonds is 8. The highest BCUT2D eigenvalue weighted by molar-refractivity contribution is 6.08. The molecule has 0 spiro atoms. The summed E-state index contributed by atoms with van der Waals surface area (Å²) in [4.78, 5) is 37.3. The van der Waals surface area contributed by atoms with Gasteiger partial charge < -0.3 is 16.4 Å². The number of urea groups is 1. The van der Waals surface area contributed by atoms with Gasteiger partial charge in [-0.15, -0.1) is 0 Å². The van der Waals surface area contributed by atoms with Crippen LogP contribution < -0.4 is 16.4 Å². The molecule has 1 fully saturated rings. The number of nitrogens with two attached hydrogens (primary N) is 1. The first-order valence-corrected chi connectivity index (χ1v) is 7.97. The van der Waals surface area contributed by atoms with E-state index in [1.54, 1.807) is 0 Å². The van der Waals surface area contributed by atoms with Crippen LogP contribution in [0.3, 0.4) is 0 Å². The van der Waals surface area contributed by atoms with E-state index in [1.165, 1.54) is 0 Å². The third-order valence-electron chi connectivity index (χ3n) is 4.80. The molecule has 126 valence electrons.